The van der Waals surface area contributed by atoms with Crippen molar-refractivity contribution in [3.8, 4) is 0 Å². The van der Waals surface area contributed by atoms with Crippen LogP contribution in [0, 0.1) is 0 Å². The quantitative estimate of drug-likeness (QED) is 0.793. The van der Waals surface area contributed by atoms with Gasteiger partial charge in [-0.25, -0.2) is 4.98 Å². The second-order valence-corrected chi connectivity index (χ2v) is 8.41. The number of hydrogen-bond donors (Lipinski definition) is 0. The Hall–Kier alpha value is -0.550. The van der Waals surface area contributed by atoms with Gasteiger partial charge in [-0.05, 0) is 12.8 Å². The van der Waals surface area contributed by atoms with Gasteiger partial charge < -0.3 is 4.90 Å². The SMILES string of the molecule is CC(C)(C)c1csc(SCC(=O)N2CCCCCC2)n1. The molecule has 2 rings (SSSR count). The molecule has 1 aromatic rings. The number of amides is 1. The molecule has 0 saturated carbocycles. The lowest BCUT2D eigenvalue weighted by Gasteiger charge is -2.19. The Morgan fingerprint density at radius 2 is 1.95 bits per heavy atom. The molecule has 5 heteroatoms. The van der Waals surface area contributed by atoms with E-state index in [0.717, 1.165) is 36.0 Å². The van der Waals surface area contributed by atoms with Gasteiger partial charge in [0, 0.05) is 23.9 Å². The lowest BCUT2D eigenvalue weighted by molar-refractivity contribution is -0.128. The molecule has 2 heterocycles. The van der Waals surface area contributed by atoms with E-state index in [0.29, 0.717) is 5.75 Å². The van der Waals surface area contributed by atoms with Gasteiger partial charge in [0.15, 0.2) is 4.34 Å². The van der Waals surface area contributed by atoms with Crippen molar-refractivity contribution in [2.45, 2.75) is 56.2 Å². The van der Waals surface area contributed by atoms with Crippen LogP contribution in [0.4, 0.5) is 0 Å². The third-order valence-corrected chi connectivity index (χ3v) is 5.54. The predicted molar refractivity (Wildman–Crippen MR) is 86.6 cm³/mol. The highest BCUT2D eigenvalue weighted by molar-refractivity contribution is 8.01. The molecule has 0 aromatic carbocycles. The van der Waals surface area contributed by atoms with Gasteiger partial charge in [0.2, 0.25) is 5.91 Å². The molecule has 0 bridgehead atoms. The number of rotatable bonds is 3. The minimum absolute atomic E-state index is 0.0874. The van der Waals surface area contributed by atoms with Crippen LogP contribution in [-0.4, -0.2) is 34.6 Å². The molecular formula is C15H24N2OS2. The molecule has 0 radical (unpaired) electrons. The zero-order valence-electron chi connectivity index (χ0n) is 12.6. The minimum Gasteiger partial charge on any atom is -0.342 e. The topological polar surface area (TPSA) is 33.2 Å². The van der Waals surface area contributed by atoms with Crippen molar-refractivity contribution >= 4 is 29.0 Å². The summed E-state index contributed by atoms with van der Waals surface area (Å²) in [6, 6.07) is 0. The summed E-state index contributed by atoms with van der Waals surface area (Å²) in [5.41, 5.74) is 1.21. The lowest BCUT2D eigenvalue weighted by atomic mass is 9.93. The summed E-state index contributed by atoms with van der Waals surface area (Å²) in [6.45, 7) is 8.37. The smallest absolute Gasteiger partial charge is 0.233 e. The summed E-state index contributed by atoms with van der Waals surface area (Å²) in [6.07, 6.45) is 4.83. The van der Waals surface area contributed by atoms with Crippen LogP contribution in [0.1, 0.15) is 52.1 Å². The lowest BCUT2D eigenvalue weighted by Crippen LogP contribution is -2.33. The number of likely N-dealkylation sites (tertiary alicyclic amines) is 1. The number of thiazole rings is 1. The molecule has 112 valence electrons. The van der Waals surface area contributed by atoms with Crippen molar-refractivity contribution in [3.63, 3.8) is 0 Å². The molecule has 20 heavy (non-hydrogen) atoms. The van der Waals surface area contributed by atoms with Crippen LogP contribution in [0.2, 0.25) is 0 Å². The molecule has 1 aliphatic rings. The van der Waals surface area contributed by atoms with Gasteiger partial charge in [0.05, 0.1) is 11.4 Å². The third-order valence-electron chi connectivity index (χ3n) is 3.53. The summed E-state index contributed by atoms with van der Waals surface area (Å²) >= 11 is 3.23. The highest BCUT2D eigenvalue weighted by Gasteiger charge is 2.19. The average Bonchev–Trinajstić information content (AvgIpc) is 2.70. The Morgan fingerprint density at radius 1 is 1.30 bits per heavy atom. The molecule has 1 fully saturated rings. The maximum absolute atomic E-state index is 12.2. The van der Waals surface area contributed by atoms with Crippen molar-refractivity contribution < 1.29 is 4.79 Å². The largest absolute Gasteiger partial charge is 0.342 e. The van der Waals surface area contributed by atoms with Crippen LogP contribution >= 0.6 is 23.1 Å². The number of carbonyl (C=O) groups is 1. The van der Waals surface area contributed by atoms with E-state index in [-0.39, 0.29) is 11.3 Å². The number of nitrogens with zero attached hydrogens (tertiary/aromatic N) is 2. The van der Waals surface area contributed by atoms with Gasteiger partial charge in [-0.2, -0.15) is 0 Å². The Labute approximate surface area is 130 Å². The summed E-state index contributed by atoms with van der Waals surface area (Å²) < 4.78 is 1.01. The van der Waals surface area contributed by atoms with Gasteiger partial charge in [-0.3, -0.25) is 4.79 Å². The van der Waals surface area contributed by atoms with Crippen molar-refractivity contribution in [2.24, 2.45) is 0 Å². The maximum atomic E-state index is 12.2. The summed E-state index contributed by atoms with van der Waals surface area (Å²) in [4.78, 5) is 18.9. The van der Waals surface area contributed by atoms with E-state index >= 15 is 0 Å². The van der Waals surface area contributed by atoms with Gasteiger partial charge in [0.25, 0.3) is 0 Å². The van der Waals surface area contributed by atoms with Gasteiger partial charge in [-0.1, -0.05) is 45.4 Å². The van der Waals surface area contributed by atoms with Crippen LogP contribution in [0.15, 0.2) is 9.72 Å². The van der Waals surface area contributed by atoms with Crippen LogP contribution in [0.25, 0.3) is 0 Å². The van der Waals surface area contributed by atoms with E-state index in [1.165, 1.54) is 12.8 Å². The summed E-state index contributed by atoms with van der Waals surface area (Å²) in [7, 11) is 0. The second kappa shape index (κ2) is 6.94. The maximum Gasteiger partial charge on any atom is 0.233 e. The molecule has 0 spiro atoms. The Morgan fingerprint density at radius 3 is 2.50 bits per heavy atom. The zero-order valence-corrected chi connectivity index (χ0v) is 14.3. The molecular weight excluding hydrogens is 288 g/mol. The normalized spacial score (nSPS) is 17.1. The molecule has 0 N–H and O–H groups in total. The second-order valence-electron chi connectivity index (χ2n) is 6.33. The molecule has 1 aromatic heterocycles. The van der Waals surface area contributed by atoms with E-state index in [1.807, 2.05) is 4.90 Å². The summed E-state index contributed by atoms with van der Waals surface area (Å²) in [5, 5.41) is 2.11. The van der Waals surface area contributed by atoms with Crippen LogP contribution in [0.3, 0.4) is 0 Å². The van der Waals surface area contributed by atoms with E-state index < -0.39 is 0 Å². The predicted octanol–water partition coefficient (Wildman–Crippen LogP) is 3.94. The highest BCUT2D eigenvalue weighted by Crippen LogP contribution is 2.29. The first-order chi connectivity index (χ1) is 9.47. The molecule has 1 saturated heterocycles. The van der Waals surface area contributed by atoms with Gasteiger partial charge in [-0.15, -0.1) is 11.3 Å². The number of carbonyl (C=O) groups excluding carboxylic acids is 1. The van der Waals surface area contributed by atoms with E-state index in [9.17, 15) is 4.79 Å². The van der Waals surface area contributed by atoms with Gasteiger partial charge >= 0.3 is 0 Å². The zero-order chi connectivity index (χ0) is 14.6. The first kappa shape index (κ1) is 15.8. The van der Waals surface area contributed by atoms with Crippen LogP contribution < -0.4 is 0 Å². The minimum atomic E-state index is 0.0874. The monoisotopic (exact) mass is 312 g/mol. The molecule has 0 atom stereocenters. The Bertz CT molecular complexity index is 443. The Kier molecular flexibility index (Phi) is 5.49. The standard InChI is InChI=1S/C15H24N2OS2/c1-15(2,3)12-10-19-14(16-12)20-11-13(18)17-8-6-4-5-7-9-17/h10H,4-9,11H2,1-3H3. The third kappa shape index (κ3) is 4.48. The Balaban J connectivity index is 1.85. The number of aromatic nitrogens is 1. The van der Waals surface area contributed by atoms with E-state index in [4.69, 9.17) is 0 Å². The first-order valence-corrected chi connectivity index (χ1v) is 9.20. The average molecular weight is 313 g/mol. The molecule has 0 unspecified atom stereocenters. The fraction of sp³-hybridized carbons (Fsp3) is 0.733. The fourth-order valence-electron chi connectivity index (χ4n) is 2.20. The molecule has 1 amide bonds. The molecule has 1 aliphatic heterocycles. The molecule has 3 nitrogen and oxygen atoms in total. The van der Waals surface area contributed by atoms with Crippen LogP contribution in [-0.2, 0) is 10.2 Å². The van der Waals surface area contributed by atoms with Crippen molar-refractivity contribution in [1.82, 2.24) is 9.88 Å². The number of hydrogen-bond acceptors (Lipinski definition) is 4. The van der Waals surface area contributed by atoms with Crippen molar-refractivity contribution in [3.05, 3.63) is 11.1 Å². The fourth-order valence-corrected chi connectivity index (χ4v) is 4.16. The van der Waals surface area contributed by atoms with E-state index in [2.05, 4.69) is 31.1 Å². The molecule has 0 aliphatic carbocycles. The van der Waals surface area contributed by atoms with E-state index in [1.54, 1.807) is 23.1 Å². The van der Waals surface area contributed by atoms with Crippen molar-refractivity contribution in [2.75, 3.05) is 18.8 Å². The van der Waals surface area contributed by atoms with Gasteiger partial charge in [0.1, 0.15) is 0 Å². The highest BCUT2D eigenvalue weighted by atomic mass is 32.2. The first-order valence-electron chi connectivity index (χ1n) is 7.33. The van der Waals surface area contributed by atoms with Crippen LogP contribution in [0.5, 0.6) is 0 Å². The van der Waals surface area contributed by atoms with Crippen molar-refractivity contribution in [1.29, 1.82) is 0 Å². The summed E-state index contributed by atoms with van der Waals surface area (Å²) in [5.74, 6) is 0.793. The number of thioether (sulfide) groups is 1.